The van der Waals surface area contributed by atoms with Gasteiger partial charge in [0.2, 0.25) is 0 Å². The molecule has 28 heavy (non-hydrogen) atoms. The number of imidazole rings is 1. The molecule has 146 valence electrons. The molecule has 2 aromatic heterocycles. The van der Waals surface area contributed by atoms with Gasteiger partial charge in [0.15, 0.2) is 0 Å². The van der Waals surface area contributed by atoms with Crippen LogP contribution in [-0.2, 0) is 26.2 Å². The second kappa shape index (κ2) is 7.41. The van der Waals surface area contributed by atoms with Gasteiger partial charge in [0.05, 0.1) is 36.2 Å². The summed E-state index contributed by atoms with van der Waals surface area (Å²) in [5.41, 5.74) is 6.01. The Morgan fingerprint density at radius 3 is 3.18 bits per heavy atom. The van der Waals surface area contributed by atoms with E-state index >= 15 is 0 Å². The summed E-state index contributed by atoms with van der Waals surface area (Å²) in [6.45, 7) is 5.61. The Morgan fingerprint density at radius 2 is 2.25 bits per heavy atom. The van der Waals surface area contributed by atoms with Gasteiger partial charge >= 0.3 is 0 Å². The van der Waals surface area contributed by atoms with E-state index < -0.39 is 0 Å². The van der Waals surface area contributed by atoms with Crippen LogP contribution < -0.4 is 10.1 Å². The van der Waals surface area contributed by atoms with Gasteiger partial charge in [0, 0.05) is 38.6 Å². The van der Waals surface area contributed by atoms with Crippen LogP contribution >= 0.6 is 0 Å². The van der Waals surface area contributed by atoms with Gasteiger partial charge in [-0.15, -0.1) is 0 Å². The number of rotatable bonds is 4. The molecule has 1 unspecified atom stereocenters. The highest BCUT2D eigenvalue weighted by molar-refractivity contribution is 5.38. The van der Waals surface area contributed by atoms with E-state index in [0.717, 1.165) is 62.8 Å². The average Bonchev–Trinajstić information content (AvgIpc) is 3.28. The lowest BCUT2D eigenvalue weighted by atomic mass is 9.90. The van der Waals surface area contributed by atoms with Crippen LogP contribution in [0.25, 0.3) is 0 Å². The number of H-pyrrole nitrogens is 1. The summed E-state index contributed by atoms with van der Waals surface area (Å²) >= 11 is 0. The molecule has 0 fully saturated rings. The van der Waals surface area contributed by atoms with Crippen molar-refractivity contribution in [1.82, 2.24) is 30.0 Å². The molecule has 1 aromatic carbocycles. The maximum absolute atomic E-state index is 5.43. The van der Waals surface area contributed by atoms with Crippen LogP contribution in [0.5, 0.6) is 5.75 Å². The molecule has 7 heteroatoms. The first kappa shape index (κ1) is 17.5. The van der Waals surface area contributed by atoms with Gasteiger partial charge in [-0.2, -0.15) is 5.10 Å². The standard InChI is InChI=1S/C21H26N6O/c1-28-18-5-2-4-15(8-18)19-12-26(13-20-21(19)24-14-23-20)11-16-9-17-10-22-6-3-7-27(17)25-16/h2,4-5,8-9,14,19,22H,3,6-7,10-13H2,1H3,(H,23,24). The van der Waals surface area contributed by atoms with Crippen LogP contribution in [0.4, 0.5) is 0 Å². The first-order valence-electron chi connectivity index (χ1n) is 9.95. The highest BCUT2D eigenvalue weighted by atomic mass is 16.5. The van der Waals surface area contributed by atoms with Crippen LogP contribution in [0, 0.1) is 0 Å². The van der Waals surface area contributed by atoms with Gasteiger partial charge in [-0.1, -0.05) is 12.1 Å². The fourth-order valence-corrected chi connectivity index (χ4v) is 4.36. The van der Waals surface area contributed by atoms with E-state index in [-0.39, 0.29) is 5.92 Å². The normalized spacial score (nSPS) is 19.7. The summed E-state index contributed by atoms with van der Waals surface area (Å²) in [4.78, 5) is 10.4. The van der Waals surface area contributed by atoms with Gasteiger partial charge in [-0.05, 0) is 36.7 Å². The second-order valence-corrected chi connectivity index (χ2v) is 7.65. The quantitative estimate of drug-likeness (QED) is 0.729. The second-order valence-electron chi connectivity index (χ2n) is 7.65. The zero-order chi connectivity index (χ0) is 18.9. The Kier molecular flexibility index (Phi) is 4.62. The summed E-state index contributed by atoms with van der Waals surface area (Å²) < 4.78 is 7.60. The third-order valence-corrected chi connectivity index (χ3v) is 5.73. The third-order valence-electron chi connectivity index (χ3n) is 5.73. The number of fused-ring (bicyclic) bond motifs is 2. The minimum absolute atomic E-state index is 0.229. The maximum atomic E-state index is 5.43. The first-order valence-corrected chi connectivity index (χ1v) is 9.95. The van der Waals surface area contributed by atoms with Crippen LogP contribution in [0.2, 0.25) is 0 Å². The van der Waals surface area contributed by atoms with Crippen LogP contribution in [0.3, 0.4) is 0 Å². The van der Waals surface area contributed by atoms with E-state index in [9.17, 15) is 0 Å². The van der Waals surface area contributed by atoms with Gasteiger partial charge in [0.1, 0.15) is 5.75 Å². The topological polar surface area (TPSA) is 71.0 Å². The van der Waals surface area contributed by atoms with Crippen molar-refractivity contribution in [1.29, 1.82) is 0 Å². The highest BCUT2D eigenvalue weighted by Gasteiger charge is 2.29. The molecule has 2 aliphatic heterocycles. The van der Waals surface area contributed by atoms with Gasteiger partial charge in [-0.3, -0.25) is 9.58 Å². The van der Waals surface area contributed by atoms with Crippen molar-refractivity contribution in [3.63, 3.8) is 0 Å². The molecule has 0 saturated heterocycles. The fraction of sp³-hybridized carbons (Fsp3) is 0.429. The summed E-state index contributed by atoms with van der Waals surface area (Å²) in [5.74, 6) is 1.12. The molecule has 2 aliphatic rings. The summed E-state index contributed by atoms with van der Waals surface area (Å²) in [6, 6.07) is 10.6. The lowest BCUT2D eigenvalue weighted by molar-refractivity contribution is 0.224. The molecule has 1 atom stereocenters. The molecule has 0 saturated carbocycles. The Morgan fingerprint density at radius 1 is 1.29 bits per heavy atom. The molecule has 0 bridgehead atoms. The third kappa shape index (κ3) is 3.31. The number of aromatic nitrogens is 4. The van der Waals surface area contributed by atoms with Gasteiger partial charge in [0.25, 0.3) is 0 Å². The van der Waals surface area contributed by atoms with Crippen molar-refractivity contribution in [2.75, 3.05) is 20.2 Å². The smallest absolute Gasteiger partial charge is 0.119 e. The number of benzene rings is 1. The zero-order valence-electron chi connectivity index (χ0n) is 16.2. The number of aromatic amines is 1. The van der Waals surface area contributed by atoms with Crippen LogP contribution in [-0.4, -0.2) is 44.8 Å². The predicted molar refractivity (Wildman–Crippen MR) is 106 cm³/mol. The van der Waals surface area contributed by atoms with E-state index in [0.29, 0.717) is 0 Å². The van der Waals surface area contributed by atoms with Crippen molar-refractivity contribution in [3.05, 3.63) is 65.0 Å². The largest absolute Gasteiger partial charge is 0.497 e. The Hall–Kier alpha value is -2.64. The Labute approximate surface area is 164 Å². The summed E-state index contributed by atoms with van der Waals surface area (Å²) in [5, 5.41) is 8.33. The van der Waals surface area contributed by atoms with E-state index in [1.807, 2.05) is 12.4 Å². The predicted octanol–water partition coefficient (Wildman–Crippen LogP) is 2.26. The minimum atomic E-state index is 0.229. The number of aryl methyl sites for hydroxylation is 1. The number of methoxy groups -OCH3 is 1. The van der Waals surface area contributed by atoms with E-state index in [2.05, 4.69) is 49.1 Å². The molecule has 3 aromatic rings. The molecular formula is C21H26N6O. The molecule has 0 aliphatic carbocycles. The zero-order valence-corrected chi connectivity index (χ0v) is 16.2. The maximum Gasteiger partial charge on any atom is 0.119 e. The SMILES string of the molecule is COc1cccc(C2CN(Cc3cc4n(n3)CCCNC4)Cc3[nH]cnc32)c1. The number of hydrogen-bond donors (Lipinski definition) is 2. The number of nitrogens with zero attached hydrogens (tertiary/aromatic N) is 4. The van der Waals surface area contributed by atoms with Crippen molar-refractivity contribution < 1.29 is 4.74 Å². The van der Waals surface area contributed by atoms with Gasteiger partial charge < -0.3 is 15.0 Å². The van der Waals surface area contributed by atoms with E-state index in [1.165, 1.54) is 17.0 Å². The van der Waals surface area contributed by atoms with E-state index in [1.54, 1.807) is 7.11 Å². The first-order chi connectivity index (χ1) is 13.8. The fourth-order valence-electron chi connectivity index (χ4n) is 4.36. The molecule has 0 amide bonds. The molecule has 5 rings (SSSR count). The van der Waals surface area contributed by atoms with Crippen molar-refractivity contribution >= 4 is 0 Å². The number of nitrogens with one attached hydrogen (secondary N) is 2. The Balaban J connectivity index is 1.40. The lowest BCUT2D eigenvalue weighted by Gasteiger charge is -2.31. The monoisotopic (exact) mass is 378 g/mol. The minimum Gasteiger partial charge on any atom is -0.497 e. The van der Waals surface area contributed by atoms with Crippen molar-refractivity contribution in [2.45, 2.75) is 38.5 Å². The van der Waals surface area contributed by atoms with Crippen molar-refractivity contribution in [3.8, 4) is 5.75 Å². The average molecular weight is 378 g/mol. The summed E-state index contributed by atoms with van der Waals surface area (Å²) in [6.07, 6.45) is 2.94. The number of hydrogen-bond acceptors (Lipinski definition) is 5. The lowest BCUT2D eigenvalue weighted by Crippen LogP contribution is -2.34. The highest BCUT2D eigenvalue weighted by Crippen LogP contribution is 2.33. The number of ether oxygens (including phenoxy) is 1. The molecule has 0 radical (unpaired) electrons. The molecular weight excluding hydrogens is 352 g/mol. The van der Waals surface area contributed by atoms with Crippen LogP contribution in [0.15, 0.2) is 36.7 Å². The van der Waals surface area contributed by atoms with Crippen molar-refractivity contribution in [2.24, 2.45) is 0 Å². The summed E-state index contributed by atoms with van der Waals surface area (Å²) in [7, 11) is 1.71. The molecule has 2 N–H and O–H groups in total. The van der Waals surface area contributed by atoms with Crippen LogP contribution in [0.1, 0.15) is 40.7 Å². The molecule has 7 nitrogen and oxygen atoms in total. The molecule has 0 spiro atoms. The van der Waals surface area contributed by atoms with Gasteiger partial charge in [-0.25, -0.2) is 4.98 Å². The Bertz CT molecular complexity index is 938. The molecule has 4 heterocycles. The van der Waals surface area contributed by atoms with E-state index in [4.69, 9.17) is 9.84 Å².